The van der Waals surface area contributed by atoms with Crippen LogP contribution in [0.15, 0.2) is 11.6 Å². The molecule has 1 aliphatic heterocycles. The minimum Gasteiger partial charge on any atom is -0.313 e. The summed E-state index contributed by atoms with van der Waals surface area (Å²) in [7, 11) is 1.79. The maximum Gasteiger partial charge on any atom is 0.327 e. The van der Waals surface area contributed by atoms with Crippen molar-refractivity contribution in [3.05, 3.63) is 11.6 Å². The third kappa shape index (κ3) is 3.84. The molecular weight excluding hydrogens is 300 g/mol. The third-order valence-electron chi connectivity index (χ3n) is 6.04. The molecule has 2 rings (SSSR count). The summed E-state index contributed by atoms with van der Waals surface area (Å²) in [4.78, 5) is 28.8. The van der Waals surface area contributed by atoms with Crippen molar-refractivity contribution >= 4 is 11.9 Å². The lowest BCUT2D eigenvalue weighted by atomic mass is 9.87. The van der Waals surface area contributed by atoms with Gasteiger partial charge < -0.3 is 4.90 Å². The number of hydrogen-bond acceptors (Lipinski definition) is 2. The summed E-state index contributed by atoms with van der Waals surface area (Å²) in [5, 5.41) is 0. The molecule has 3 amide bonds. The molecule has 1 saturated carbocycles. The predicted octanol–water partition coefficient (Wildman–Crippen LogP) is 4.75. The molecule has 1 aliphatic carbocycles. The monoisotopic (exact) mass is 334 g/mol. The normalized spacial score (nSPS) is 26.1. The number of unbranched alkanes of at least 4 members (excludes halogenated alkanes) is 1. The molecule has 0 N–H and O–H groups in total. The van der Waals surface area contributed by atoms with Gasteiger partial charge in [-0.15, -0.1) is 0 Å². The van der Waals surface area contributed by atoms with E-state index in [0.29, 0.717) is 12.5 Å². The molecule has 0 aromatic rings. The fourth-order valence-corrected chi connectivity index (χ4v) is 4.18. The second kappa shape index (κ2) is 8.17. The number of hydrogen-bond donors (Lipinski definition) is 0. The lowest BCUT2D eigenvalue weighted by Gasteiger charge is -2.31. The zero-order valence-corrected chi connectivity index (χ0v) is 15.9. The highest BCUT2D eigenvalue weighted by Crippen LogP contribution is 2.38. The Morgan fingerprint density at radius 1 is 1.25 bits per heavy atom. The summed E-state index contributed by atoms with van der Waals surface area (Å²) >= 11 is 0. The van der Waals surface area contributed by atoms with E-state index in [9.17, 15) is 9.59 Å². The Morgan fingerprint density at radius 2 is 1.92 bits per heavy atom. The van der Waals surface area contributed by atoms with Crippen molar-refractivity contribution in [3.63, 3.8) is 0 Å². The Kier molecular flexibility index (Phi) is 6.47. The van der Waals surface area contributed by atoms with Crippen molar-refractivity contribution in [2.24, 2.45) is 5.92 Å². The highest BCUT2D eigenvalue weighted by Gasteiger charge is 2.52. The summed E-state index contributed by atoms with van der Waals surface area (Å²) in [5.41, 5.74) is 0.704. The topological polar surface area (TPSA) is 40.6 Å². The number of likely N-dealkylation sites (N-methyl/N-ethyl adjacent to an activating group) is 1. The molecule has 24 heavy (non-hydrogen) atoms. The number of rotatable bonds is 8. The molecule has 0 bridgehead atoms. The molecule has 1 unspecified atom stereocenters. The number of allylic oxidation sites excluding steroid dienone is 1. The molecule has 2 aliphatic rings. The van der Waals surface area contributed by atoms with E-state index in [1.54, 1.807) is 11.9 Å². The highest BCUT2D eigenvalue weighted by molar-refractivity contribution is 6.06. The van der Waals surface area contributed by atoms with Gasteiger partial charge in [0, 0.05) is 13.6 Å². The first-order valence-electron chi connectivity index (χ1n) is 9.67. The molecule has 0 aromatic carbocycles. The maximum absolute atomic E-state index is 13.0. The van der Waals surface area contributed by atoms with Crippen LogP contribution in [0.3, 0.4) is 0 Å². The van der Waals surface area contributed by atoms with Crippen LogP contribution in [0, 0.1) is 5.92 Å². The van der Waals surface area contributed by atoms with Crippen LogP contribution in [-0.2, 0) is 4.79 Å². The van der Waals surface area contributed by atoms with Gasteiger partial charge in [-0.25, -0.2) is 4.79 Å². The van der Waals surface area contributed by atoms with E-state index in [1.165, 1.54) is 49.0 Å². The standard InChI is InChI=1S/C20H34N2O2/c1-5-7-10-16(6-2)13-14-22-18(23)20(3,21(4)19(22)24)15-17-11-8-9-12-17/h6,17H,5,7-15H2,1-4H3/b16-6+. The molecule has 1 heterocycles. The molecule has 0 aromatic heterocycles. The quantitative estimate of drug-likeness (QED) is 0.475. The SMILES string of the molecule is C/C=C(\CCCC)CCN1C(=O)N(C)C(C)(CC2CCCC2)C1=O. The van der Waals surface area contributed by atoms with Crippen LogP contribution in [-0.4, -0.2) is 40.9 Å². The zero-order valence-electron chi connectivity index (χ0n) is 15.9. The fraction of sp³-hybridized carbons (Fsp3) is 0.800. The van der Waals surface area contributed by atoms with E-state index in [2.05, 4.69) is 19.9 Å². The molecule has 2 fully saturated rings. The molecular formula is C20H34N2O2. The van der Waals surface area contributed by atoms with Gasteiger partial charge in [-0.3, -0.25) is 9.69 Å². The first-order chi connectivity index (χ1) is 11.4. The number of imide groups is 1. The van der Waals surface area contributed by atoms with Gasteiger partial charge in [0.25, 0.3) is 5.91 Å². The minimum absolute atomic E-state index is 0.00726. The molecule has 1 atom stereocenters. The van der Waals surface area contributed by atoms with Crippen LogP contribution in [0.5, 0.6) is 0 Å². The van der Waals surface area contributed by atoms with Crippen LogP contribution in [0.2, 0.25) is 0 Å². The number of nitrogens with zero attached hydrogens (tertiary/aromatic N) is 2. The van der Waals surface area contributed by atoms with Crippen molar-refractivity contribution in [3.8, 4) is 0 Å². The second-order valence-corrected chi connectivity index (χ2v) is 7.73. The predicted molar refractivity (Wildman–Crippen MR) is 97.8 cm³/mol. The Morgan fingerprint density at radius 3 is 2.50 bits per heavy atom. The van der Waals surface area contributed by atoms with Crippen LogP contribution < -0.4 is 0 Å². The molecule has 0 spiro atoms. The summed E-state index contributed by atoms with van der Waals surface area (Å²) < 4.78 is 0. The first kappa shape index (κ1) is 19.0. The van der Waals surface area contributed by atoms with Gasteiger partial charge in [0.2, 0.25) is 0 Å². The van der Waals surface area contributed by atoms with E-state index < -0.39 is 5.54 Å². The average molecular weight is 335 g/mol. The maximum atomic E-state index is 13.0. The van der Waals surface area contributed by atoms with Gasteiger partial charge in [0.1, 0.15) is 5.54 Å². The average Bonchev–Trinajstić information content (AvgIpc) is 3.13. The molecule has 1 saturated heterocycles. The van der Waals surface area contributed by atoms with E-state index >= 15 is 0 Å². The minimum atomic E-state index is -0.647. The van der Waals surface area contributed by atoms with Crippen molar-refractivity contribution in [2.45, 2.75) is 84.1 Å². The van der Waals surface area contributed by atoms with Gasteiger partial charge in [-0.05, 0) is 45.4 Å². The zero-order chi connectivity index (χ0) is 17.7. The number of carbonyl (C=O) groups is 2. The Bertz CT molecular complexity index is 494. The van der Waals surface area contributed by atoms with Crippen LogP contribution in [0.25, 0.3) is 0 Å². The van der Waals surface area contributed by atoms with Crippen molar-refractivity contribution in [1.29, 1.82) is 0 Å². The molecule has 4 heteroatoms. The van der Waals surface area contributed by atoms with Crippen molar-refractivity contribution in [1.82, 2.24) is 9.80 Å². The number of carbonyl (C=O) groups excluding carboxylic acids is 2. The molecule has 4 nitrogen and oxygen atoms in total. The Hall–Kier alpha value is -1.32. The van der Waals surface area contributed by atoms with Crippen LogP contribution in [0.1, 0.15) is 78.6 Å². The van der Waals surface area contributed by atoms with Crippen LogP contribution in [0.4, 0.5) is 4.79 Å². The first-order valence-corrected chi connectivity index (χ1v) is 9.67. The highest BCUT2D eigenvalue weighted by atomic mass is 16.2. The van der Waals surface area contributed by atoms with Gasteiger partial charge >= 0.3 is 6.03 Å². The fourth-order valence-electron chi connectivity index (χ4n) is 4.18. The Balaban J connectivity index is 2.00. The van der Waals surface area contributed by atoms with Crippen LogP contribution >= 0.6 is 0 Å². The summed E-state index contributed by atoms with van der Waals surface area (Å²) in [6.07, 6.45) is 12.1. The van der Waals surface area contributed by atoms with E-state index in [4.69, 9.17) is 0 Å². The van der Waals surface area contributed by atoms with Gasteiger partial charge in [0.05, 0.1) is 0 Å². The molecule has 0 radical (unpaired) electrons. The lowest BCUT2D eigenvalue weighted by Crippen LogP contribution is -2.46. The smallest absolute Gasteiger partial charge is 0.313 e. The van der Waals surface area contributed by atoms with E-state index in [-0.39, 0.29) is 11.9 Å². The number of urea groups is 1. The van der Waals surface area contributed by atoms with Crippen molar-refractivity contribution in [2.75, 3.05) is 13.6 Å². The second-order valence-electron chi connectivity index (χ2n) is 7.73. The Labute approximate surface area is 147 Å². The third-order valence-corrected chi connectivity index (χ3v) is 6.04. The molecule has 136 valence electrons. The van der Waals surface area contributed by atoms with E-state index in [0.717, 1.165) is 19.3 Å². The van der Waals surface area contributed by atoms with E-state index in [1.807, 2.05) is 6.92 Å². The largest absolute Gasteiger partial charge is 0.327 e. The van der Waals surface area contributed by atoms with Crippen molar-refractivity contribution < 1.29 is 9.59 Å². The lowest BCUT2D eigenvalue weighted by molar-refractivity contribution is -0.133. The summed E-state index contributed by atoms with van der Waals surface area (Å²) in [6, 6.07) is -0.119. The van der Waals surface area contributed by atoms with Gasteiger partial charge in [-0.1, -0.05) is 50.7 Å². The summed E-state index contributed by atoms with van der Waals surface area (Å²) in [6.45, 7) is 6.71. The summed E-state index contributed by atoms with van der Waals surface area (Å²) in [5.74, 6) is 0.595. The van der Waals surface area contributed by atoms with Gasteiger partial charge in [0.15, 0.2) is 0 Å². The number of amides is 3. The van der Waals surface area contributed by atoms with Gasteiger partial charge in [-0.2, -0.15) is 0 Å².